The van der Waals surface area contributed by atoms with E-state index in [0.717, 1.165) is 12.8 Å². The van der Waals surface area contributed by atoms with Crippen LogP contribution in [0.25, 0.3) is 0 Å². The smallest absolute Gasteiger partial charge is 0.256 e. The number of hydrogen-bond donors (Lipinski definition) is 1. The molecule has 84 valence electrons. The highest BCUT2D eigenvalue weighted by Gasteiger charge is 2.48. The van der Waals surface area contributed by atoms with Gasteiger partial charge in [0.15, 0.2) is 0 Å². The van der Waals surface area contributed by atoms with Gasteiger partial charge in [-0.2, -0.15) is 0 Å². The van der Waals surface area contributed by atoms with Crippen LogP contribution >= 0.6 is 0 Å². The average molecular weight is 205 g/mol. The number of halogens is 2. The van der Waals surface area contributed by atoms with E-state index in [0.29, 0.717) is 19.4 Å². The molecule has 0 aliphatic heterocycles. The van der Waals surface area contributed by atoms with Crippen molar-refractivity contribution in [2.75, 3.05) is 6.54 Å². The zero-order chi connectivity index (χ0) is 10.8. The second kappa shape index (κ2) is 4.13. The van der Waals surface area contributed by atoms with Gasteiger partial charge in [0.25, 0.3) is 6.43 Å². The molecule has 1 nitrogen and oxygen atoms in total. The molecule has 3 heteroatoms. The van der Waals surface area contributed by atoms with Crippen LogP contribution in [0.2, 0.25) is 0 Å². The third kappa shape index (κ3) is 2.44. The summed E-state index contributed by atoms with van der Waals surface area (Å²) < 4.78 is 26.0. The van der Waals surface area contributed by atoms with Crippen LogP contribution in [0.5, 0.6) is 0 Å². The minimum atomic E-state index is -2.24. The fourth-order valence-electron chi connectivity index (χ4n) is 2.38. The van der Waals surface area contributed by atoms with Crippen LogP contribution in [0.3, 0.4) is 0 Å². The maximum absolute atomic E-state index is 13.0. The lowest BCUT2D eigenvalue weighted by molar-refractivity contribution is 0.0275. The molecule has 1 aliphatic rings. The lowest BCUT2D eigenvalue weighted by atomic mass is 9.88. The highest BCUT2D eigenvalue weighted by atomic mass is 19.3. The standard InChI is InChI=1S/C11H21F2N/c1-4-7-14-11(9(12)13)6-5-10(2,3)8-11/h9,14H,4-8H2,1-3H3. The Morgan fingerprint density at radius 2 is 1.93 bits per heavy atom. The van der Waals surface area contributed by atoms with E-state index in [9.17, 15) is 8.78 Å². The van der Waals surface area contributed by atoms with Crippen LogP contribution in [-0.4, -0.2) is 18.5 Å². The summed E-state index contributed by atoms with van der Waals surface area (Å²) in [6.45, 7) is 6.85. The van der Waals surface area contributed by atoms with E-state index in [1.165, 1.54) is 0 Å². The Bertz CT molecular complexity index is 192. The molecular formula is C11H21F2N. The zero-order valence-corrected chi connectivity index (χ0v) is 9.37. The minimum absolute atomic E-state index is 0.0666. The Hall–Kier alpha value is -0.180. The van der Waals surface area contributed by atoms with Crippen molar-refractivity contribution in [3.05, 3.63) is 0 Å². The van der Waals surface area contributed by atoms with Crippen LogP contribution in [-0.2, 0) is 0 Å². The average Bonchev–Trinajstić information content (AvgIpc) is 2.40. The molecule has 0 heterocycles. The fourth-order valence-corrected chi connectivity index (χ4v) is 2.38. The summed E-state index contributed by atoms with van der Waals surface area (Å²) in [5, 5.41) is 3.05. The molecule has 0 bridgehead atoms. The van der Waals surface area contributed by atoms with Gasteiger partial charge in [0.05, 0.1) is 5.54 Å². The molecule has 1 N–H and O–H groups in total. The normalized spacial score (nSPS) is 31.3. The molecule has 0 radical (unpaired) electrons. The SMILES string of the molecule is CCCNC1(C(F)F)CCC(C)(C)C1. The summed E-state index contributed by atoms with van der Waals surface area (Å²) in [6.07, 6.45) is 0.772. The molecule has 0 spiro atoms. The fraction of sp³-hybridized carbons (Fsp3) is 1.00. The van der Waals surface area contributed by atoms with E-state index >= 15 is 0 Å². The van der Waals surface area contributed by atoms with Gasteiger partial charge in [-0.3, -0.25) is 0 Å². The molecule has 0 aromatic heterocycles. The Balaban J connectivity index is 2.65. The molecule has 0 aromatic carbocycles. The first-order chi connectivity index (χ1) is 6.42. The van der Waals surface area contributed by atoms with Crippen molar-refractivity contribution in [3.8, 4) is 0 Å². The molecule has 1 rings (SSSR count). The third-order valence-electron chi connectivity index (χ3n) is 3.19. The molecule has 0 saturated heterocycles. The van der Waals surface area contributed by atoms with Crippen molar-refractivity contribution < 1.29 is 8.78 Å². The van der Waals surface area contributed by atoms with E-state index < -0.39 is 12.0 Å². The van der Waals surface area contributed by atoms with Crippen molar-refractivity contribution >= 4 is 0 Å². The van der Waals surface area contributed by atoms with E-state index in [4.69, 9.17) is 0 Å². The minimum Gasteiger partial charge on any atom is -0.306 e. The Morgan fingerprint density at radius 1 is 1.29 bits per heavy atom. The van der Waals surface area contributed by atoms with Gasteiger partial charge in [0.1, 0.15) is 0 Å². The summed E-state index contributed by atoms with van der Waals surface area (Å²) in [5.41, 5.74) is -0.837. The van der Waals surface area contributed by atoms with Crippen LogP contribution in [0.15, 0.2) is 0 Å². The van der Waals surface area contributed by atoms with Crippen molar-refractivity contribution in [2.45, 2.75) is 58.4 Å². The summed E-state index contributed by atoms with van der Waals surface area (Å²) in [6, 6.07) is 0. The van der Waals surface area contributed by atoms with Crippen LogP contribution in [0, 0.1) is 5.41 Å². The maximum atomic E-state index is 13.0. The first kappa shape index (κ1) is 11.9. The molecular weight excluding hydrogens is 184 g/mol. The van der Waals surface area contributed by atoms with Gasteiger partial charge in [0.2, 0.25) is 0 Å². The van der Waals surface area contributed by atoms with Gasteiger partial charge in [-0.05, 0) is 37.6 Å². The first-order valence-corrected chi connectivity index (χ1v) is 5.45. The van der Waals surface area contributed by atoms with Gasteiger partial charge >= 0.3 is 0 Å². The highest BCUT2D eigenvalue weighted by molar-refractivity contribution is 5.01. The summed E-state index contributed by atoms with van der Waals surface area (Å²) in [7, 11) is 0. The van der Waals surface area contributed by atoms with Gasteiger partial charge < -0.3 is 5.32 Å². The molecule has 1 saturated carbocycles. The van der Waals surface area contributed by atoms with Crippen LogP contribution in [0.1, 0.15) is 46.5 Å². The summed E-state index contributed by atoms with van der Waals surface area (Å²) in [4.78, 5) is 0. The lowest BCUT2D eigenvalue weighted by Crippen LogP contribution is -2.50. The summed E-state index contributed by atoms with van der Waals surface area (Å²) >= 11 is 0. The van der Waals surface area contributed by atoms with Crippen molar-refractivity contribution in [3.63, 3.8) is 0 Å². The quantitative estimate of drug-likeness (QED) is 0.743. The largest absolute Gasteiger partial charge is 0.306 e. The molecule has 1 unspecified atom stereocenters. The maximum Gasteiger partial charge on any atom is 0.256 e. The molecule has 1 aliphatic carbocycles. The Morgan fingerprint density at radius 3 is 2.29 bits per heavy atom. The lowest BCUT2D eigenvalue weighted by Gasteiger charge is -2.31. The Labute approximate surface area is 85.3 Å². The van der Waals surface area contributed by atoms with Crippen molar-refractivity contribution in [1.29, 1.82) is 0 Å². The molecule has 0 amide bonds. The van der Waals surface area contributed by atoms with Gasteiger partial charge in [-0.25, -0.2) is 8.78 Å². The van der Waals surface area contributed by atoms with Crippen molar-refractivity contribution in [1.82, 2.24) is 5.32 Å². The van der Waals surface area contributed by atoms with Crippen molar-refractivity contribution in [2.24, 2.45) is 5.41 Å². The van der Waals surface area contributed by atoms with E-state index in [2.05, 4.69) is 19.2 Å². The number of rotatable bonds is 4. The monoisotopic (exact) mass is 205 g/mol. The topological polar surface area (TPSA) is 12.0 Å². The molecule has 0 aromatic rings. The van der Waals surface area contributed by atoms with Gasteiger partial charge in [0, 0.05) is 0 Å². The van der Waals surface area contributed by atoms with E-state index in [-0.39, 0.29) is 5.41 Å². The highest BCUT2D eigenvalue weighted by Crippen LogP contribution is 2.46. The number of hydrogen-bond acceptors (Lipinski definition) is 1. The molecule has 1 atom stereocenters. The van der Waals surface area contributed by atoms with Crippen LogP contribution < -0.4 is 5.32 Å². The first-order valence-electron chi connectivity index (χ1n) is 5.45. The zero-order valence-electron chi connectivity index (χ0n) is 9.37. The van der Waals surface area contributed by atoms with Gasteiger partial charge in [-0.1, -0.05) is 20.8 Å². The second-order valence-corrected chi connectivity index (χ2v) is 5.22. The van der Waals surface area contributed by atoms with Crippen LogP contribution in [0.4, 0.5) is 8.78 Å². The molecule has 1 fully saturated rings. The number of nitrogens with one attached hydrogen (secondary N) is 1. The molecule has 14 heavy (non-hydrogen) atoms. The second-order valence-electron chi connectivity index (χ2n) is 5.22. The van der Waals surface area contributed by atoms with E-state index in [1.807, 2.05) is 6.92 Å². The summed E-state index contributed by atoms with van der Waals surface area (Å²) in [5.74, 6) is 0. The van der Waals surface area contributed by atoms with Gasteiger partial charge in [-0.15, -0.1) is 0 Å². The predicted octanol–water partition coefficient (Wildman–Crippen LogP) is 3.20. The number of alkyl halides is 2. The predicted molar refractivity (Wildman–Crippen MR) is 54.7 cm³/mol. The third-order valence-corrected chi connectivity index (χ3v) is 3.19. The Kier molecular flexibility index (Phi) is 3.51. The van der Waals surface area contributed by atoms with E-state index in [1.54, 1.807) is 0 Å².